The maximum absolute atomic E-state index is 12.7. The molecule has 0 aliphatic heterocycles. The van der Waals surface area contributed by atoms with Gasteiger partial charge < -0.3 is 5.32 Å². The largest absolute Gasteiger partial charge is 0.348 e. The molecule has 1 atom stereocenters. The van der Waals surface area contributed by atoms with Gasteiger partial charge in [0.1, 0.15) is 0 Å². The van der Waals surface area contributed by atoms with Gasteiger partial charge in [-0.25, -0.2) is 0 Å². The first-order chi connectivity index (χ1) is 14.5. The molecule has 0 radical (unpaired) electrons. The van der Waals surface area contributed by atoms with E-state index in [2.05, 4.69) is 42.5 Å². The van der Waals surface area contributed by atoms with Gasteiger partial charge in [-0.3, -0.25) is 10.2 Å². The Kier molecular flexibility index (Phi) is 17.0. The Labute approximate surface area is 187 Å². The van der Waals surface area contributed by atoms with Crippen LogP contribution < -0.4 is 10.7 Å². The number of alkyl halides is 2. The summed E-state index contributed by atoms with van der Waals surface area (Å²) < 4.78 is 25.4. The van der Waals surface area contributed by atoms with Crippen molar-refractivity contribution in [1.82, 2.24) is 10.7 Å². The lowest BCUT2D eigenvalue weighted by Crippen LogP contribution is -2.43. The van der Waals surface area contributed by atoms with E-state index >= 15 is 0 Å². The zero-order valence-electron chi connectivity index (χ0n) is 20.5. The highest BCUT2D eigenvalue weighted by molar-refractivity contribution is 5.83. The van der Waals surface area contributed by atoms with Crippen LogP contribution in [0.5, 0.6) is 0 Å². The lowest BCUT2D eigenvalue weighted by molar-refractivity contribution is -0.143. The third-order valence-electron chi connectivity index (χ3n) is 4.01. The molecular weight excluding hydrogens is 396 g/mol. The summed E-state index contributed by atoms with van der Waals surface area (Å²) in [6, 6.07) is 7.64. The quantitative estimate of drug-likeness (QED) is 0.266. The molecule has 0 saturated heterocycles. The molecule has 0 aliphatic rings. The number of carbonyl (C=O) groups is 1. The number of hydrogen-bond donors (Lipinski definition) is 2. The van der Waals surface area contributed by atoms with Crippen molar-refractivity contribution in [1.29, 1.82) is 0 Å². The summed E-state index contributed by atoms with van der Waals surface area (Å²) in [6.45, 7) is 17.9. The minimum atomic E-state index is -3.32. The Balaban J connectivity index is 0. The smallest absolute Gasteiger partial charge is 0.321 e. The third-order valence-corrected chi connectivity index (χ3v) is 4.01. The van der Waals surface area contributed by atoms with E-state index in [1.807, 2.05) is 58.0 Å². The molecule has 6 heteroatoms. The second-order valence-electron chi connectivity index (χ2n) is 7.13. The molecule has 0 spiro atoms. The zero-order chi connectivity index (χ0) is 24.4. The lowest BCUT2D eigenvalue weighted by atomic mass is 10.0. The summed E-state index contributed by atoms with van der Waals surface area (Å²) in [5, 5.41) is 5.91. The van der Waals surface area contributed by atoms with Crippen LogP contribution in [0.2, 0.25) is 0 Å². The number of halogens is 2. The summed E-state index contributed by atoms with van der Waals surface area (Å²) >= 11 is 0. The van der Waals surface area contributed by atoms with Crippen molar-refractivity contribution in [3.63, 3.8) is 0 Å². The van der Waals surface area contributed by atoms with Gasteiger partial charge in [0.15, 0.2) is 0 Å². The Hall–Kier alpha value is -2.50. The molecule has 1 rings (SSSR count). The van der Waals surface area contributed by atoms with Gasteiger partial charge in [0, 0.05) is 19.7 Å². The maximum atomic E-state index is 12.7. The molecule has 0 aliphatic carbocycles. The number of carbonyl (C=O) groups excluding carboxylic acids is 1. The Morgan fingerprint density at radius 1 is 1.16 bits per heavy atom. The third kappa shape index (κ3) is 15.0. The van der Waals surface area contributed by atoms with Crippen LogP contribution in [0.4, 0.5) is 8.78 Å². The molecule has 0 saturated carbocycles. The normalized spacial score (nSPS) is 11.3. The predicted octanol–water partition coefficient (Wildman–Crippen LogP) is 6.43. The molecule has 0 bridgehead atoms. The second-order valence-corrected chi connectivity index (χ2v) is 7.13. The first-order valence-corrected chi connectivity index (χ1v) is 10.9. The molecule has 1 aromatic rings. The molecule has 0 heterocycles. The molecule has 1 aromatic carbocycles. The van der Waals surface area contributed by atoms with Crippen LogP contribution in [0.25, 0.3) is 0 Å². The molecule has 4 nitrogen and oxygen atoms in total. The highest BCUT2D eigenvalue weighted by Crippen LogP contribution is 2.13. The first kappa shape index (κ1) is 30.7. The molecule has 2 N–H and O–H groups in total. The van der Waals surface area contributed by atoms with Gasteiger partial charge in [-0.1, -0.05) is 63.6 Å². The van der Waals surface area contributed by atoms with E-state index in [1.165, 1.54) is 11.1 Å². The van der Waals surface area contributed by atoms with Gasteiger partial charge in [0.2, 0.25) is 0 Å². The summed E-state index contributed by atoms with van der Waals surface area (Å²) in [4.78, 5) is 11.1. The van der Waals surface area contributed by atoms with Crippen molar-refractivity contribution < 1.29 is 13.6 Å². The number of hydrogen-bond acceptors (Lipinski definition) is 3. The van der Waals surface area contributed by atoms with Gasteiger partial charge in [0.25, 0.3) is 5.91 Å². The van der Waals surface area contributed by atoms with E-state index in [1.54, 1.807) is 6.92 Å². The fraction of sp³-hybridized carbons (Fsp3) is 0.520. The molecule has 176 valence electrons. The average molecular weight is 438 g/mol. The van der Waals surface area contributed by atoms with E-state index in [0.717, 1.165) is 24.1 Å². The lowest BCUT2D eigenvalue weighted by Gasteiger charge is -2.17. The van der Waals surface area contributed by atoms with Gasteiger partial charge in [-0.05, 0) is 57.2 Å². The van der Waals surface area contributed by atoms with E-state index in [9.17, 15) is 13.6 Å². The number of aryl methyl sites for hydroxylation is 1. The predicted molar refractivity (Wildman–Crippen MR) is 130 cm³/mol. The van der Waals surface area contributed by atoms with E-state index in [4.69, 9.17) is 0 Å². The van der Waals surface area contributed by atoms with Crippen LogP contribution in [-0.4, -0.2) is 24.6 Å². The van der Waals surface area contributed by atoms with Crippen molar-refractivity contribution >= 4 is 12.6 Å². The number of rotatable bonds is 9. The Bertz CT molecular complexity index is 686. The number of benzene rings is 1. The van der Waals surface area contributed by atoms with E-state index in [0.29, 0.717) is 13.3 Å². The number of allylic oxidation sites excluding steroid dienone is 3. The Morgan fingerprint density at radius 2 is 1.68 bits per heavy atom. The second kappa shape index (κ2) is 17.2. The fourth-order valence-corrected chi connectivity index (χ4v) is 2.30. The molecule has 0 unspecified atom stereocenters. The monoisotopic (exact) mass is 437 g/mol. The average Bonchev–Trinajstić information content (AvgIpc) is 2.72. The van der Waals surface area contributed by atoms with Crippen molar-refractivity contribution in [3.05, 3.63) is 58.8 Å². The topological polar surface area (TPSA) is 53.5 Å². The minimum absolute atomic E-state index is 0.309. The van der Waals surface area contributed by atoms with Gasteiger partial charge in [-0.15, -0.1) is 0 Å². The van der Waals surface area contributed by atoms with Crippen molar-refractivity contribution in [2.45, 2.75) is 86.6 Å². The first-order valence-electron chi connectivity index (χ1n) is 10.9. The van der Waals surface area contributed by atoms with Crippen LogP contribution in [0.1, 0.15) is 72.9 Å². The van der Waals surface area contributed by atoms with Gasteiger partial charge in [-0.2, -0.15) is 13.9 Å². The zero-order valence-corrected chi connectivity index (χ0v) is 20.5. The summed E-state index contributed by atoms with van der Waals surface area (Å²) in [5.74, 6) is -4.54. The number of amides is 1. The highest BCUT2D eigenvalue weighted by atomic mass is 19.3. The van der Waals surface area contributed by atoms with Crippen LogP contribution in [-0.2, 0) is 17.6 Å². The van der Waals surface area contributed by atoms with Gasteiger partial charge in [0.05, 0.1) is 5.70 Å². The number of hydrazone groups is 1. The van der Waals surface area contributed by atoms with Crippen molar-refractivity contribution in [2.75, 3.05) is 0 Å². The van der Waals surface area contributed by atoms with Crippen LogP contribution in [0, 0.1) is 0 Å². The van der Waals surface area contributed by atoms with Crippen LogP contribution in [0.3, 0.4) is 0 Å². The van der Waals surface area contributed by atoms with Gasteiger partial charge >= 0.3 is 5.92 Å². The Morgan fingerprint density at radius 3 is 2.06 bits per heavy atom. The summed E-state index contributed by atoms with van der Waals surface area (Å²) in [7, 11) is 0. The number of nitrogens with zero attached hydrogens (tertiary/aromatic N) is 1. The fourth-order valence-electron chi connectivity index (χ4n) is 2.30. The van der Waals surface area contributed by atoms with Crippen LogP contribution in [0.15, 0.2) is 52.8 Å². The molecule has 0 aromatic heterocycles. The van der Waals surface area contributed by atoms with Crippen molar-refractivity contribution in [3.8, 4) is 0 Å². The molecule has 0 fully saturated rings. The van der Waals surface area contributed by atoms with Crippen molar-refractivity contribution in [2.24, 2.45) is 5.10 Å². The molecule has 31 heavy (non-hydrogen) atoms. The van der Waals surface area contributed by atoms with Crippen LogP contribution >= 0.6 is 0 Å². The SMILES string of the molecule is C=NNC(/C=C\CC)=C(C)C.CC.CCc1ccc(C[C@H](C)NC(=O)C(C)(F)F)cc1. The molecular formula is C25H41F2N3O. The standard InChI is InChI=1S/C14H19F2NO.C9H16N2.C2H6/c1-4-11-5-7-12(8-6-11)9-10(2)17-13(18)14(3,15)16;1-5-6-7-9(8(2)3)11-10-4;1-2/h5-8,10H,4,9H2,1-3H3,(H,17,18);6-7,11H,4-5H2,1-3H3;1-2H3/b;7-6-;/t10-;;/m0../s1. The summed E-state index contributed by atoms with van der Waals surface area (Å²) in [6.07, 6.45) is 6.65. The number of nitrogens with one attached hydrogen (secondary N) is 2. The molecule has 1 amide bonds. The minimum Gasteiger partial charge on any atom is -0.348 e. The maximum Gasteiger partial charge on any atom is 0.321 e. The highest BCUT2D eigenvalue weighted by Gasteiger charge is 2.32. The van der Waals surface area contributed by atoms with E-state index < -0.39 is 11.8 Å². The van der Waals surface area contributed by atoms with E-state index in [-0.39, 0.29) is 6.04 Å². The summed E-state index contributed by atoms with van der Waals surface area (Å²) in [5.41, 5.74) is 7.32.